The van der Waals surface area contributed by atoms with Gasteiger partial charge in [0.2, 0.25) is 0 Å². The second-order valence-electron chi connectivity index (χ2n) is 5.73. The molecule has 5 nitrogen and oxygen atoms in total. The Labute approximate surface area is 100 Å². The molecule has 2 amide bonds. The van der Waals surface area contributed by atoms with Crippen LogP contribution in [0.4, 0.5) is 4.79 Å². The average molecular weight is 238 g/mol. The molecule has 0 spiro atoms. The lowest BCUT2D eigenvalue weighted by Crippen LogP contribution is -2.46. The Morgan fingerprint density at radius 3 is 2.59 bits per heavy atom. The van der Waals surface area contributed by atoms with Crippen LogP contribution in [-0.4, -0.2) is 41.1 Å². The first-order valence-corrected chi connectivity index (χ1v) is 6.39. The Balaban J connectivity index is 1.53. The number of hydrogen-bond donors (Lipinski definition) is 2. The maximum Gasteiger partial charge on any atom is 0.317 e. The van der Waals surface area contributed by atoms with Gasteiger partial charge in [0.15, 0.2) is 0 Å². The van der Waals surface area contributed by atoms with E-state index in [-0.39, 0.29) is 12.6 Å². The smallest absolute Gasteiger partial charge is 0.317 e. The molecule has 2 saturated carbocycles. The van der Waals surface area contributed by atoms with Gasteiger partial charge in [0.05, 0.1) is 5.41 Å². The van der Waals surface area contributed by atoms with Gasteiger partial charge in [-0.05, 0) is 38.0 Å². The first kappa shape index (κ1) is 10.9. The van der Waals surface area contributed by atoms with Crippen LogP contribution in [0, 0.1) is 11.3 Å². The van der Waals surface area contributed by atoms with E-state index < -0.39 is 11.4 Å². The molecule has 0 aromatic carbocycles. The minimum Gasteiger partial charge on any atom is -0.481 e. The maximum absolute atomic E-state index is 12.0. The first-order valence-electron chi connectivity index (χ1n) is 6.39. The van der Waals surface area contributed by atoms with Crippen molar-refractivity contribution in [3.8, 4) is 0 Å². The Hall–Kier alpha value is -1.26. The number of carboxylic acid groups (broad SMARTS) is 1. The molecule has 2 bridgehead atoms. The molecule has 2 atom stereocenters. The topological polar surface area (TPSA) is 69.6 Å². The summed E-state index contributed by atoms with van der Waals surface area (Å²) < 4.78 is 0. The van der Waals surface area contributed by atoms with Crippen LogP contribution >= 0.6 is 0 Å². The van der Waals surface area contributed by atoms with E-state index in [0.717, 1.165) is 19.4 Å². The molecular weight excluding hydrogens is 220 g/mol. The van der Waals surface area contributed by atoms with Gasteiger partial charge in [-0.3, -0.25) is 4.79 Å². The van der Waals surface area contributed by atoms with Gasteiger partial charge in [0.25, 0.3) is 0 Å². The Morgan fingerprint density at radius 2 is 2.12 bits per heavy atom. The molecule has 1 heterocycles. The van der Waals surface area contributed by atoms with Crippen molar-refractivity contribution < 1.29 is 14.7 Å². The number of hydrogen-bond acceptors (Lipinski definition) is 2. The van der Waals surface area contributed by atoms with E-state index >= 15 is 0 Å². The number of carbonyl (C=O) groups is 2. The zero-order valence-electron chi connectivity index (χ0n) is 9.82. The van der Waals surface area contributed by atoms with E-state index in [0.29, 0.717) is 24.8 Å². The monoisotopic (exact) mass is 238 g/mol. The summed E-state index contributed by atoms with van der Waals surface area (Å²) in [5, 5.41) is 11.8. The summed E-state index contributed by atoms with van der Waals surface area (Å²) in [6, 6.07) is 0.338. The van der Waals surface area contributed by atoms with Gasteiger partial charge in [0.1, 0.15) is 0 Å². The summed E-state index contributed by atoms with van der Waals surface area (Å²) >= 11 is 0. The number of amides is 2. The van der Waals surface area contributed by atoms with Crippen molar-refractivity contribution in [3.05, 3.63) is 0 Å². The van der Waals surface area contributed by atoms with Gasteiger partial charge < -0.3 is 15.3 Å². The first-order chi connectivity index (χ1) is 8.11. The number of fused-ring (bicyclic) bond motifs is 2. The zero-order chi connectivity index (χ0) is 12.0. The van der Waals surface area contributed by atoms with E-state index in [1.54, 1.807) is 0 Å². The molecule has 1 saturated heterocycles. The molecule has 5 heteroatoms. The largest absolute Gasteiger partial charge is 0.481 e. The number of nitrogens with one attached hydrogen (secondary N) is 1. The van der Waals surface area contributed by atoms with Gasteiger partial charge in [0, 0.05) is 19.1 Å². The molecular formula is C12H18N2O3. The molecule has 0 aromatic heterocycles. The van der Waals surface area contributed by atoms with Crippen LogP contribution in [0.2, 0.25) is 0 Å². The molecule has 94 valence electrons. The highest BCUT2D eigenvalue weighted by Crippen LogP contribution is 2.45. The second-order valence-corrected chi connectivity index (χ2v) is 5.73. The van der Waals surface area contributed by atoms with Crippen LogP contribution in [0.3, 0.4) is 0 Å². The van der Waals surface area contributed by atoms with Crippen molar-refractivity contribution in [2.45, 2.75) is 38.1 Å². The van der Waals surface area contributed by atoms with Gasteiger partial charge in [-0.2, -0.15) is 0 Å². The second kappa shape index (κ2) is 3.62. The van der Waals surface area contributed by atoms with Crippen molar-refractivity contribution in [1.82, 2.24) is 10.2 Å². The summed E-state index contributed by atoms with van der Waals surface area (Å²) in [5.41, 5.74) is -0.658. The predicted octanol–water partition coefficient (Wildman–Crippen LogP) is 1.05. The van der Waals surface area contributed by atoms with E-state index in [2.05, 4.69) is 5.32 Å². The van der Waals surface area contributed by atoms with Crippen molar-refractivity contribution in [1.29, 1.82) is 0 Å². The molecule has 0 aromatic rings. The number of carbonyl (C=O) groups excluding carboxylic acids is 1. The Morgan fingerprint density at radius 1 is 1.35 bits per heavy atom. The van der Waals surface area contributed by atoms with Gasteiger partial charge in [-0.25, -0.2) is 4.79 Å². The van der Waals surface area contributed by atoms with Crippen LogP contribution in [0.15, 0.2) is 0 Å². The average Bonchev–Trinajstić information content (AvgIpc) is 2.81. The number of nitrogens with zero attached hydrogens (tertiary/aromatic N) is 1. The van der Waals surface area contributed by atoms with E-state index in [4.69, 9.17) is 5.11 Å². The van der Waals surface area contributed by atoms with E-state index in [9.17, 15) is 9.59 Å². The quantitative estimate of drug-likeness (QED) is 0.772. The molecule has 1 aliphatic heterocycles. The number of aliphatic carboxylic acids is 1. The lowest BCUT2D eigenvalue weighted by atomic mass is 10.1. The fourth-order valence-electron chi connectivity index (χ4n) is 3.14. The summed E-state index contributed by atoms with van der Waals surface area (Å²) in [6.45, 7) is 1.14. The van der Waals surface area contributed by atoms with Crippen LogP contribution in [0.5, 0.6) is 0 Å². The van der Waals surface area contributed by atoms with Crippen molar-refractivity contribution in [2.24, 2.45) is 11.3 Å². The highest BCUT2D eigenvalue weighted by atomic mass is 16.4. The third-order valence-electron chi connectivity index (χ3n) is 4.56. The van der Waals surface area contributed by atoms with E-state index in [1.807, 2.05) is 4.90 Å². The Bertz CT molecular complexity index is 365. The number of rotatable bonds is 3. The lowest BCUT2D eigenvalue weighted by molar-refractivity contribution is -0.143. The van der Waals surface area contributed by atoms with Crippen molar-refractivity contribution in [2.75, 3.05) is 13.1 Å². The molecule has 3 fully saturated rings. The minimum atomic E-state index is -0.777. The van der Waals surface area contributed by atoms with Crippen LogP contribution < -0.4 is 5.32 Å². The standard InChI is InChI=1S/C12H18N2O3/c15-10(16)12(3-4-12)7-13-11(17)14-6-8-1-2-9(14)5-8/h8-9H,1-7H2,(H,13,17)(H,15,16). The van der Waals surface area contributed by atoms with Crippen LogP contribution in [0.25, 0.3) is 0 Å². The van der Waals surface area contributed by atoms with Crippen LogP contribution in [0.1, 0.15) is 32.1 Å². The Kier molecular flexibility index (Phi) is 2.31. The third-order valence-corrected chi connectivity index (χ3v) is 4.56. The van der Waals surface area contributed by atoms with Gasteiger partial charge in [-0.1, -0.05) is 0 Å². The summed E-state index contributed by atoms with van der Waals surface area (Å²) in [7, 11) is 0. The summed E-state index contributed by atoms with van der Waals surface area (Å²) in [4.78, 5) is 24.8. The number of carboxylic acids is 1. The summed E-state index contributed by atoms with van der Waals surface area (Å²) in [6.07, 6.45) is 4.87. The highest BCUT2D eigenvalue weighted by molar-refractivity contribution is 5.80. The fraction of sp³-hybridized carbons (Fsp3) is 0.833. The predicted molar refractivity (Wildman–Crippen MR) is 60.5 cm³/mol. The molecule has 2 N–H and O–H groups in total. The van der Waals surface area contributed by atoms with Crippen molar-refractivity contribution in [3.63, 3.8) is 0 Å². The van der Waals surface area contributed by atoms with Crippen LogP contribution in [-0.2, 0) is 4.79 Å². The van der Waals surface area contributed by atoms with Gasteiger partial charge in [-0.15, -0.1) is 0 Å². The maximum atomic E-state index is 12.0. The van der Waals surface area contributed by atoms with Gasteiger partial charge >= 0.3 is 12.0 Å². The number of piperidine rings is 1. The molecule has 3 aliphatic rings. The molecule has 2 unspecified atom stereocenters. The molecule has 0 radical (unpaired) electrons. The lowest BCUT2D eigenvalue weighted by Gasteiger charge is -2.27. The highest BCUT2D eigenvalue weighted by Gasteiger charge is 2.51. The fourth-order valence-corrected chi connectivity index (χ4v) is 3.14. The molecule has 2 aliphatic carbocycles. The molecule has 17 heavy (non-hydrogen) atoms. The zero-order valence-corrected chi connectivity index (χ0v) is 9.82. The summed E-state index contributed by atoms with van der Waals surface area (Å²) in [5.74, 6) is -0.0964. The molecule has 3 rings (SSSR count). The van der Waals surface area contributed by atoms with Crippen molar-refractivity contribution >= 4 is 12.0 Å². The number of urea groups is 1. The number of likely N-dealkylation sites (tertiary alicyclic amines) is 1. The SMILES string of the molecule is O=C(NCC1(C(=O)O)CC1)N1CC2CCC1C2. The normalized spacial score (nSPS) is 32.6. The minimum absolute atomic E-state index is 0.0651. The third kappa shape index (κ3) is 1.77. The van der Waals surface area contributed by atoms with E-state index in [1.165, 1.54) is 6.42 Å².